The van der Waals surface area contributed by atoms with E-state index in [1.54, 1.807) is 0 Å². The Morgan fingerprint density at radius 2 is 2.07 bits per heavy atom. The van der Waals surface area contributed by atoms with Crippen LogP contribution in [0.1, 0.15) is 33.6 Å². The van der Waals surface area contributed by atoms with Gasteiger partial charge in [0.05, 0.1) is 5.37 Å². The molecule has 88 valence electrons. The number of rotatable bonds is 8. The van der Waals surface area contributed by atoms with Crippen LogP contribution >= 0.6 is 11.8 Å². The second-order valence-corrected chi connectivity index (χ2v) is 5.46. The fourth-order valence-corrected chi connectivity index (χ4v) is 2.05. The zero-order valence-corrected chi connectivity index (χ0v) is 11.4. The van der Waals surface area contributed by atoms with Gasteiger partial charge in [-0.2, -0.15) is 0 Å². The second-order valence-electron chi connectivity index (χ2n) is 4.12. The minimum atomic E-state index is 0.486. The van der Waals surface area contributed by atoms with E-state index in [-0.39, 0.29) is 0 Å². The van der Waals surface area contributed by atoms with E-state index in [9.17, 15) is 0 Å². The van der Waals surface area contributed by atoms with Crippen molar-refractivity contribution in [3.63, 3.8) is 0 Å². The Morgan fingerprint density at radius 3 is 2.53 bits per heavy atom. The molecule has 15 heavy (non-hydrogen) atoms. The Bertz CT molecular complexity index is 201. The summed E-state index contributed by atoms with van der Waals surface area (Å²) in [5.74, 6) is 1.74. The van der Waals surface area contributed by atoms with Crippen molar-refractivity contribution in [1.29, 1.82) is 0 Å². The van der Waals surface area contributed by atoms with E-state index in [1.165, 1.54) is 12.1 Å². The smallest absolute Gasteiger partial charge is 0.0719 e. The minimum absolute atomic E-state index is 0.486. The zero-order valence-electron chi connectivity index (χ0n) is 10.6. The number of thioether (sulfide) groups is 1. The van der Waals surface area contributed by atoms with Crippen LogP contribution in [-0.4, -0.2) is 23.1 Å². The monoisotopic (exact) mass is 227 g/mol. The Labute approximate surface area is 99.6 Å². The van der Waals surface area contributed by atoms with Gasteiger partial charge in [0.15, 0.2) is 0 Å². The first kappa shape index (κ1) is 14.6. The van der Waals surface area contributed by atoms with Crippen LogP contribution in [0.15, 0.2) is 24.9 Å². The van der Waals surface area contributed by atoms with Gasteiger partial charge in [-0.15, -0.1) is 18.3 Å². The normalized spacial score (nSPS) is 14.4. The summed E-state index contributed by atoms with van der Waals surface area (Å²) in [5, 5.41) is 0.486. The molecule has 0 aliphatic carbocycles. The average molecular weight is 227 g/mol. The van der Waals surface area contributed by atoms with Gasteiger partial charge < -0.3 is 4.90 Å². The lowest BCUT2D eigenvalue weighted by atomic mass is 10.0. The molecular weight excluding hydrogens is 202 g/mol. The third-order valence-electron chi connectivity index (χ3n) is 2.78. The summed E-state index contributed by atoms with van der Waals surface area (Å²) in [6.45, 7) is 14.6. The van der Waals surface area contributed by atoms with Crippen molar-refractivity contribution in [3.8, 4) is 0 Å². The van der Waals surface area contributed by atoms with E-state index in [4.69, 9.17) is 0 Å². The summed E-state index contributed by atoms with van der Waals surface area (Å²) in [6.07, 6.45) is 4.28. The van der Waals surface area contributed by atoms with Crippen LogP contribution in [-0.2, 0) is 0 Å². The minimum Gasteiger partial charge on any atom is -0.367 e. The Morgan fingerprint density at radius 1 is 1.47 bits per heavy atom. The first-order valence-electron chi connectivity index (χ1n) is 5.66. The molecule has 2 heteroatoms. The van der Waals surface area contributed by atoms with E-state index in [0.717, 1.165) is 18.1 Å². The van der Waals surface area contributed by atoms with Gasteiger partial charge >= 0.3 is 0 Å². The van der Waals surface area contributed by atoms with Crippen molar-refractivity contribution in [3.05, 3.63) is 24.9 Å². The molecule has 0 aromatic heterocycles. The first-order chi connectivity index (χ1) is 7.02. The molecule has 0 saturated carbocycles. The fourth-order valence-electron chi connectivity index (χ4n) is 1.27. The highest BCUT2D eigenvalue weighted by molar-refractivity contribution is 7.99. The highest BCUT2D eigenvalue weighted by Gasteiger charge is 2.12. The molecule has 1 nitrogen and oxygen atoms in total. The van der Waals surface area contributed by atoms with Crippen molar-refractivity contribution in [2.75, 3.05) is 12.8 Å². The van der Waals surface area contributed by atoms with Gasteiger partial charge in [0.2, 0.25) is 0 Å². The fraction of sp³-hybridized carbons (Fsp3) is 0.692. The van der Waals surface area contributed by atoms with Gasteiger partial charge in [-0.25, -0.2) is 0 Å². The van der Waals surface area contributed by atoms with Crippen LogP contribution in [0.3, 0.4) is 0 Å². The highest BCUT2D eigenvalue weighted by Crippen LogP contribution is 2.22. The molecule has 0 aromatic rings. The number of hydrogen-bond donors (Lipinski definition) is 0. The van der Waals surface area contributed by atoms with Crippen molar-refractivity contribution in [2.24, 2.45) is 5.92 Å². The third-order valence-corrected chi connectivity index (χ3v) is 4.01. The molecule has 0 bridgehead atoms. The van der Waals surface area contributed by atoms with Crippen LogP contribution in [0, 0.1) is 5.92 Å². The SMILES string of the molecule is C=CCSC(C)N(C)C(=C)CC(C)CC. The lowest BCUT2D eigenvalue weighted by Gasteiger charge is -2.29. The zero-order chi connectivity index (χ0) is 11.8. The predicted octanol–water partition coefficient (Wildman–Crippen LogP) is 4.13. The van der Waals surface area contributed by atoms with Crippen molar-refractivity contribution < 1.29 is 0 Å². The average Bonchev–Trinajstić information content (AvgIpc) is 2.24. The molecule has 0 fully saturated rings. The lowest BCUT2D eigenvalue weighted by molar-refractivity contribution is 0.371. The third kappa shape index (κ3) is 5.93. The van der Waals surface area contributed by atoms with E-state index in [0.29, 0.717) is 5.37 Å². The lowest BCUT2D eigenvalue weighted by Crippen LogP contribution is -2.26. The van der Waals surface area contributed by atoms with Gasteiger partial charge in [0.25, 0.3) is 0 Å². The van der Waals surface area contributed by atoms with Gasteiger partial charge in [0.1, 0.15) is 0 Å². The van der Waals surface area contributed by atoms with Crippen molar-refractivity contribution >= 4 is 11.8 Å². The van der Waals surface area contributed by atoms with E-state index in [1.807, 2.05) is 17.8 Å². The first-order valence-corrected chi connectivity index (χ1v) is 6.70. The van der Waals surface area contributed by atoms with Gasteiger partial charge in [-0.3, -0.25) is 0 Å². The maximum Gasteiger partial charge on any atom is 0.0719 e. The molecule has 0 aliphatic heterocycles. The molecular formula is C13H25NS. The van der Waals surface area contributed by atoms with Gasteiger partial charge in [0, 0.05) is 18.5 Å². The standard InChI is InChI=1S/C13H25NS/c1-7-9-15-13(5)14(6)12(4)10-11(3)8-2/h7,11,13H,1,4,8-10H2,2-3,5-6H3. The van der Waals surface area contributed by atoms with Crippen molar-refractivity contribution in [1.82, 2.24) is 4.90 Å². The van der Waals surface area contributed by atoms with E-state index >= 15 is 0 Å². The largest absolute Gasteiger partial charge is 0.367 e. The highest BCUT2D eigenvalue weighted by atomic mass is 32.2. The van der Waals surface area contributed by atoms with Gasteiger partial charge in [-0.1, -0.05) is 32.9 Å². The molecule has 2 atom stereocenters. The summed E-state index contributed by atoms with van der Waals surface area (Å²) in [6, 6.07) is 0. The van der Waals surface area contributed by atoms with Crippen molar-refractivity contribution in [2.45, 2.75) is 39.0 Å². The number of nitrogens with zero attached hydrogens (tertiary/aromatic N) is 1. The summed E-state index contributed by atoms with van der Waals surface area (Å²) >= 11 is 1.89. The molecule has 0 radical (unpaired) electrons. The molecule has 0 amide bonds. The van der Waals surface area contributed by atoms with Gasteiger partial charge in [-0.05, 0) is 19.3 Å². The molecule has 0 aromatic carbocycles. The predicted molar refractivity (Wildman–Crippen MR) is 73.1 cm³/mol. The molecule has 0 aliphatic rings. The molecule has 0 rings (SSSR count). The summed E-state index contributed by atoms with van der Waals surface area (Å²) < 4.78 is 0. The summed E-state index contributed by atoms with van der Waals surface area (Å²) in [5.41, 5.74) is 1.24. The Kier molecular flexibility index (Phi) is 7.67. The van der Waals surface area contributed by atoms with E-state index in [2.05, 4.69) is 45.9 Å². The van der Waals surface area contributed by atoms with Crippen LogP contribution in [0.5, 0.6) is 0 Å². The maximum atomic E-state index is 4.16. The van der Waals surface area contributed by atoms with Crippen LogP contribution in [0.2, 0.25) is 0 Å². The molecule has 2 unspecified atom stereocenters. The van der Waals surface area contributed by atoms with Crippen LogP contribution < -0.4 is 0 Å². The summed E-state index contributed by atoms with van der Waals surface area (Å²) in [4.78, 5) is 2.28. The Hall–Kier alpha value is -0.370. The summed E-state index contributed by atoms with van der Waals surface area (Å²) in [7, 11) is 2.13. The molecule has 0 heterocycles. The number of allylic oxidation sites excluding steroid dienone is 1. The van der Waals surface area contributed by atoms with Crippen LogP contribution in [0.25, 0.3) is 0 Å². The Balaban J connectivity index is 4.00. The second kappa shape index (κ2) is 7.86. The maximum absolute atomic E-state index is 4.16. The topological polar surface area (TPSA) is 3.24 Å². The quantitative estimate of drug-likeness (QED) is 0.453. The molecule has 0 saturated heterocycles. The molecule has 0 spiro atoms. The van der Waals surface area contributed by atoms with E-state index < -0.39 is 0 Å². The molecule has 0 N–H and O–H groups in total. The number of hydrogen-bond acceptors (Lipinski definition) is 2. The van der Waals surface area contributed by atoms with Crippen LogP contribution in [0.4, 0.5) is 0 Å².